The van der Waals surface area contributed by atoms with Gasteiger partial charge in [-0.15, -0.1) is 0 Å². The van der Waals surface area contributed by atoms with Gasteiger partial charge in [0.1, 0.15) is 6.29 Å². The lowest BCUT2D eigenvalue weighted by molar-refractivity contribution is 0.112. The van der Waals surface area contributed by atoms with Gasteiger partial charge in [0, 0.05) is 5.56 Å². The van der Waals surface area contributed by atoms with Crippen molar-refractivity contribution in [3.8, 4) is 11.5 Å². The Morgan fingerprint density at radius 3 is 2.62 bits per heavy atom. The van der Waals surface area contributed by atoms with Crippen LogP contribution in [0.2, 0.25) is 0 Å². The lowest BCUT2D eigenvalue weighted by Gasteiger charge is -2.11. The molecule has 1 aromatic rings. The maximum Gasteiger partial charge on any atom is 0.161 e. The van der Waals surface area contributed by atoms with Crippen LogP contribution in [0.1, 0.15) is 30.6 Å². The highest BCUT2D eigenvalue weighted by molar-refractivity contribution is 5.76. The molecule has 0 amide bonds. The standard InChI is InChI=1S/C13H18O3/c1-10(2)6-7-16-12-5-4-11(9-14)8-13(12)15-3/h4-5,8-10H,6-7H2,1-3H3. The molecule has 0 aliphatic heterocycles. The highest BCUT2D eigenvalue weighted by atomic mass is 16.5. The normalized spacial score (nSPS) is 10.2. The van der Waals surface area contributed by atoms with Crippen LogP contribution in [0.3, 0.4) is 0 Å². The molecule has 0 radical (unpaired) electrons. The van der Waals surface area contributed by atoms with E-state index in [1.807, 2.05) is 0 Å². The Kier molecular flexibility index (Phi) is 4.83. The molecule has 0 aliphatic rings. The Hall–Kier alpha value is -1.51. The van der Waals surface area contributed by atoms with E-state index >= 15 is 0 Å². The second-order valence-electron chi connectivity index (χ2n) is 4.06. The summed E-state index contributed by atoms with van der Waals surface area (Å²) < 4.78 is 10.8. The van der Waals surface area contributed by atoms with E-state index < -0.39 is 0 Å². The summed E-state index contributed by atoms with van der Waals surface area (Å²) in [6, 6.07) is 5.17. The van der Waals surface area contributed by atoms with Gasteiger partial charge >= 0.3 is 0 Å². The second-order valence-corrected chi connectivity index (χ2v) is 4.06. The van der Waals surface area contributed by atoms with Crippen molar-refractivity contribution < 1.29 is 14.3 Å². The minimum Gasteiger partial charge on any atom is -0.493 e. The molecule has 0 aromatic heterocycles. The SMILES string of the molecule is COc1cc(C=O)ccc1OCCC(C)C. The van der Waals surface area contributed by atoms with Crippen LogP contribution in [0.5, 0.6) is 11.5 Å². The van der Waals surface area contributed by atoms with E-state index in [9.17, 15) is 4.79 Å². The zero-order valence-electron chi connectivity index (χ0n) is 10.0. The molecule has 88 valence electrons. The molecule has 0 N–H and O–H groups in total. The summed E-state index contributed by atoms with van der Waals surface area (Å²) in [4.78, 5) is 10.6. The number of aldehydes is 1. The Morgan fingerprint density at radius 2 is 2.06 bits per heavy atom. The molecule has 0 fully saturated rings. The number of benzene rings is 1. The number of methoxy groups -OCH3 is 1. The van der Waals surface area contributed by atoms with Crippen LogP contribution in [0, 0.1) is 5.92 Å². The number of rotatable bonds is 6. The topological polar surface area (TPSA) is 35.5 Å². The first-order valence-corrected chi connectivity index (χ1v) is 5.43. The first kappa shape index (κ1) is 12.6. The van der Waals surface area contributed by atoms with Gasteiger partial charge in [-0.2, -0.15) is 0 Å². The smallest absolute Gasteiger partial charge is 0.161 e. The molecule has 16 heavy (non-hydrogen) atoms. The Labute approximate surface area is 96.4 Å². The van der Waals surface area contributed by atoms with Crippen molar-refractivity contribution in [3.63, 3.8) is 0 Å². The Morgan fingerprint density at radius 1 is 1.31 bits per heavy atom. The van der Waals surface area contributed by atoms with Crippen molar-refractivity contribution in [2.75, 3.05) is 13.7 Å². The van der Waals surface area contributed by atoms with E-state index in [4.69, 9.17) is 9.47 Å². The molecule has 0 saturated carbocycles. The van der Waals surface area contributed by atoms with Crippen molar-refractivity contribution in [1.82, 2.24) is 0 Å². The van der Waals surface area contributed by atoms with Gasteiger partial charge in [0.2, 0.25) is 0 Å². The maximum absolute atomic E-state index is 10.6. The average molecular weight is 222 g/mol. The van der Waals surface area contributed by atoms with Crippen LogP contribution in [0.25, 0.3) is 0 Å². The zero-order chi connectivity index (χ0) is 12.0. The molecule has 0 bridgehead atoms. The molecular weight excluding hydrogens is 204 g/mol. The van der Waals surface area contributed by atoms with Crippen LogP contribution in [-0.2, 0) is 0 Å². The number of carbonyl (C=O) groups is 1. The predicted molar refractivity (Wildman–Crippen MR) is 63.3 cm³/mol. The summed E-state index contributed by atoms with van der Waals surface area (Å²) in [6.45, 7) is 4.96. The van der Waals surface area contributed by atoms with Crippen LogP contribution < -0.4 is 9.47 Å². The Balaban J connectivity index is 2.68. The van der Waals surface area contributed by atoms with Gasteiger partial charge in [-0.25, -0.2) is 0 Å². The van der Waals surface area contributed by atoms with Crippen molar-refractivity contribution >= 4 is 6.29 Å². The van der Waals surface area contributed by atoms with Crippen LogP contribution in [-0.4, -0.2) is 20.0 Å². The van der Waals surface area contributed by atoms with E-state index in [1.54, 1.807) is 25.3 Å². The van der Waals surface area contributed by atoms with Crippen LogP contribution in [0.15, 0.2) is 18.2 Å². The van der Waals surface area contributed by atoms with Gasteiger partial charge in [-0.3, -0.25) is 4.79 Å². The first-order chi connectivity index (χ1) is 7.67. The quantitative estimate of drug-likeness (QED) is 0.694. The molecular formula is C13H18O3. The fourth-order valence-electron chi connectivity index (χ4n) is 1.28. The van der Waals surface area contributed by atoms with E-state index in [2.05, 4.69) is 13.8 Å². The van der Waals surface area contributed by atoms with Crippen LogP contribution in [0.4, 0.5) is 0 Å². The number of ether oxygens (including phenoxy) is 2. The minimum absolute atomic E-state index is 0.591. The molecule has 0 aliphatic carbocycles. The second kappa shape index (κ2) is 6.16. The third kappa shape index (κ3) is 3.57. The molecule has 0 atom stereocenters. The van der Waals surface area contributed by atoms with Gasteiger partial charge < -0.3 is 9.47 Å². The van der Waals surface area contributed by atoms with Crippen molar-refractivity contribution in [1.29, 1.82) is 0 Å². The summed E-state index contributed by atoms with van der Waals surface area (Å²) >= 11 is 0. The lowest BCUT2D eigenvalue weighted by Crippen LogP contribution is -2.02. The van der Waals surface area contributed by atoms with E-state index in [-0.39, 0.29) is 0 Å². The summed E-state index contributed by atoms with van der Waals surface area (Å²) in [6.07, 6.45) is 1.79. The first-order valence-electron chi connectivity index (χ1n) is 5.43. The maximum atomic E-state index is 10.6. The third-order valence-corrected chi connectivity index (χ3v) is 2.28. The summed E-state index contributed by atoms with van der Waals surface area (Å²) in [5.74, 6) is 1.90. The molecule has 0 heterocycles. The molecule has 3 nitrogen and oxygen atoms in total. The van der Waals surface area contributed by atoms with Gasteiger partial charge in [-0.05, 0) is 30.5 Å². The van der Waals surface area contributed by atoms with Gasteiger partial charge in [-0.1, -0.05) is 13.8 Å². The highest BCUT2D eigenvalue weighted by Crippen LogP contribution is 2.27. The van der Waals surface area contributed by atoms with Gasteiger partial charge in [0.25, 0.3) is 0 Å². The van der Waals surface area contributed by atoms with Crippen molar-refractivity contribution in [2.45, 2.75) is 20.3 Å². The summed E-state index contributed by atoms with van der Waals surface area (Å²) in [5, 5.41) is 0. The van der Waals surface area contributed by atoms with E-state index in [1.165, 1.54) is 0 Å². The molecule has 1 rings (SSSR count). The monoisotopic (exact) mass is 222 g/mol. The molecule has 0 saturated heterocycles. The molecule has 0 spiro atoms. The van der Waals surface area contributed by atoms with Crippen LogP contribution >= 0.6 is 0 Å². The molecule has 0 unspecified atom stereocenters. The summed E-state index contributed by atoms with van der Waals surface area (Å²) in [5.41, 5.74) is 0.591. The third-order valence-electron chi connectivity index (χ3n) is 2.28. The average Bonchev–Trinajstić information content (AvgIpc) is 2.29. The molecule has 1 aromatic carbocycles. The zero-order valence-corrected chi connectivity index (χ0v) is 10.0. The fourth-order valence-corrected chi connectivity index (χ4v) is 1.28. The largest absolute Gasteiger partial charge is 0.493 e. The van der Waals surface area contributed by atoms with Gasteiger partial charge in [0.15, 0.2) is 11.5 Å². The lowest BCUT2D eigenvalue weighted by atomic mass is 10.1. The molecule has 3 heteroatoms. The fraction of sp³-hybridized carbons (Fsp3) is 0.462. The number of carbonyl (C=O) groups excluding carboxylic acids is 1. The summed E-state index contributed by atoms with van der Waals surface area (Å²) in [7, 11) is 1.57. The van der Waals surface area contributed by atoms with E-state index in [0.717, 1.165) is 12.7 Å². The van der Waals surface area contributed by atoms with E-state index in [0.29, 0.717) is 29.6 Å². The number of hydrogen-bond donors (Lipinski definition) is 0. The van der Waals surface area contributed by atoms with Crippen molar-refractivity contribution in [3.05, 3.63) is 23.8 Å². The Bertz CT molecular complexity index is 345. The van der Waals surface area contributed by atoms with Crippen molar-refractivity contribution in [2.24, 2.45) is 5.92 Å². The number of hydrogen-bond acceptors (Lipinski definition) is 3. The highest BCUT2D eigenvalue weighted by Gasteiger charge is 2.05. The van der Waals surface area contributed by atoms with Gasteiger partial charge in [0.05, 0.1) is 13.7 Å². The predicted octanol–water partition coefficient (Wildman–Crippen LogP) is 2.93. The minimum atomic E-state index is 0.591.